The van der Waals surface area contributed by atoms with Crippen molar-refractivity contribution in [2.24, 2.45) is 0 Å². The number of halogens is 3. The van der Waals surface area contributed by atoms with Gasteiger partial charge in [-0.2, -0.15) is 0 Å². The lowest BCUT2D eigenvalue weighted by molar-refractivity contribution is -0.140. The largest absolute Gasteiger partial charge is 0.350 e. The number of nitrogens with zero attached hydrogens (tertiary/aromatic N) is 2. The molecule has 0 radical (unpaired) electrons. The Hall–Kier alpha value is -3.14. The quantitative estimate of drug-likeness (QED) is 0.347. The monoisotopic (exact) mass is 593 g/mol. The molecule has 7 nitrogen and oxygen atoms in total. The zero-order valence-corrected chi connectivity index (χ0v) is 24.3. The smallest absolute Gasteiger partial charge is 0.264 e. The summed E-state index contributed by atoms with van der Waals surface area (Å²) in [4.78, 5) is 28.1. The number of anilines is 1. The van der Waals surface area contributed by atoms with Gasteiger partial charge in [-0.3, -0.25) is 13.9 Å². The molecule has 39 heavy (non-hydrogen) atoms. The molecule has 3 aromatic rings. The van der Waals surface area contributed by atoms with Crippen molar-refractivity contribution in [3.63, 3.8) is 0 Å². The number of hydrogen-bond donors (Lipinski definition) is 1. The molecule has 0 aromatic heterocycles. The predicted octanol–water partition coefficient (Wildman–Crippen LogP) is 5.66. The Morgan fingerprint density at radius 2 is 1.49 bits per heavy atom. The van der Waals surface area contributed by atoms with Crippen LogP contribution in [0, 0.1) is 5.82 Å². The van der Waals surface area contributed by atoms with Gasteiger partial charge in [-0.05, 0) is 76.2 Å². The summed E-state index contributed by atoms with van der Waals surface area (Å²) in [5.41, 5.74) is 0.0549. The highest BCUT2D eigenvalue weighted by atomic mass is 35.5. The van der Waals surface area contributed by atoms with Gasteiger partial charge in [-0.25, -0.2) is 12.8 Å². The minimum atomic E-state index is -4.30. The summed E-state index contributed by atoms with van der Waals surface area (Å²) in [5.74, 6) is -1.71. The summed E-state index contributed by atoms with van der Waals surface area (Å²) in [6.07, 6.45) is 0. The van der Waals surface area contributed by atoms with Crippen molar-refractivity contribution in [3.05, 3.63) is 94.2 Å². The van der Waals surface area contributed by atoms with Crippen LogP contribution in [0.1, 0.15) is 33.3 Å². The van der Waals surface area contributed by atoms with Gasteiger partial charge in [0.1, 0.15) is 18.4 Å². The number of amides is 2. The topological polar surface area (TPSA) is 86.8 Å². The van der Waals surface area contributed by atoms with Gasteiger partial charge < -0.3 is 10.2 Å². The van der Waals surface area contributed by atoms with Gasteiger partial charge in [-0.1, -0.05) is 47.5 Å². The van der Waals surface area contributed by atoms with Crippen LogP contribution in [0.2, 0.25) is 10.0 Å². The van der Waals surface area contributed by atoms with E-state index in [1.807, 2.05) is 0 Å². The number of sulfonamides is 1. The minimum Gasteiger partial charge on any atom is -0.350 e. The molecule has 0 saturated carbocycles. The lowest BCUT2D eigenvalue weighted by Gasteiger charge is -2.33. The first-order valence-corrected chi connectivity index (χ1v) is 14.3. The Bertz CT molecular complexity index is 1410. The minimum absolute atomic E-state index is 0.144. The van der Waals surface area contributed by atoms with E-state index in [-0.39, 0.29) is 17.1 Å². The van der Waals surface area contributed by atoms with Gasteiger partial charge in [0.25, 0.3) is 10.0 Å². The summed E-state index contributed by atoms with van der Waals surface area (Å²) >= 11 is 12.8. The van der Waals surface area contributed by atoms with E-state index in [9.17, 15) is 22.4 Å². The molecule has 3 aromatic carbocycles. The lowest BCUT2D eigenvalue weighted by atomic mass is 10.1. The first kappa shape index (κ1) is 30.4. The Labute approximate surface area is 238 Å². The van der Waals surface area contributed by atoms with Crippen molar-refractivity contribution in [1.29, 1.82) is 0 Å². The van der Waals surface area contributed by atoms with E-state index in [4.69, 9.17) is 23.2 Å². The molecule has 1 N–H and O–H groups in total. The van der Waals surface area contributed by atoms with Gasteiger partial charge in [0.05, 0.1) is 10.6 Å². The van der Waals surface area contributed by atoms with E-state index in [1.165, 1.54) is 4.90 Å². The highest BCUT2D eigenvalue weighted by molar-refractivity contribution is 7.92. The molecule has 0 fully saturated rings. The number of hydrogen-bond acceptors (Lipinski definition) is 4. The van der Waals surface area contributed by atoms with Crippen LogP contribution in [0.15, 0.2) is 77.7 Å². The van der Waals surface area contributed by atoms with Crippen LogP contribution in [0.5, 0.6) is 0 Å². The van der Waals surface area contributed by atoms with E-state index in [1.54, 1.807) is 76.2 Å². The lowest BCUT2D eigenvalue weighted by Crippen LogP contribution is -2.54. The molecule has 0 unspecified atom stereocenters. The molecule has 1 atom stereocenters. The van der Waals surface area contributed by atoms with E-state index in [0.717, 1.165) is 28.6 Å². The molecule has 0 bridgehead atoms. The first-order valence-electron chi connectivity index (χ1n) is 12.1. The van der Waals surface area contributed by atoms with Crippen molar-refractivity contribution in [2.75, 3.05) is 10.8 Å². The second-order valence-corrected chi connectivity index (χ2v) is 12.6. The predicted molar refractivity (Wildman–Crippen MR) is 152 cm³/mol. The summed E-state index contributed by atoms with van der Waals surface area (Å²) in [6.45, 7) is 6.18. The highest BCUT2D eigenvalue weighted by Gasteiger charge is 2.34. The van der Waals surface area contributed by atoms with Crippen molar-refractivity contribution < 1.29 is 22.4 Å². The summed E-state index contributed by atoms with van der Waals surface area (Å²) in [5, 5.41) is 3.44. The Kier molecular flexibility index (Phi) is 9.64. The van der Waals surface area contributed by atoms with Crippen molar-refractivity contribution in [3.8, 4) is 0 Å². The van der Waals surface area contributed by atoms with E-state index >= 15 is 0 Å². The second kappa shape index (κ2) is 12.4. The molecule has 3 rings (SSSR count). The van der Waals surface area contributed by atoms with Gasteiger partial charge >= 0.3 is 0 Å². The maximum Gasteiger partial charge on any atom is 0.264 e. The molecule has 0 aliphatic rings. The number of benzene rings is 3. The molecule has 0 aliphatic heterocycles. The van der Waals surface area contributed by atoms with Crippen LogP contribution >= 0.6 is 23.2 Å². The zero-order chi connectivity index (χ0) is 29.0. The number of rotatable bonds is 9. The van der Waals surface area contributed by atoms with E-state index in [0.29, 0.717) is 15.6 Å². The Balaban J connectivity index is 2.05. The van der Waals surface area contributed by atoms with Crippen molar-refractivity contribution >= 4 is 50.7 Å². The summed E-state index contributed by atoms with van der Waals surface area (Å²) in [6, 6.07) is 16.3. The SMILES string of the molecule is C[C@@H](C(=O)NC(C)(C)C)N(Cc1c(Cl)cccc1Cl)C(=O)CN(c1ccccc1)S(=O)(=O)c1ccc(F)cc1. The second-order valence-electron chi connectivity index (χ2n) is 9.94. The normalized spacial score (nSPS) is 12.5. The third-order valence-electron chi connectivity index (χ3n) is 5.78. The van der Waals surface area contributed by atoms with Crippen molar-refractivity contribution in [2.45, 2.75) is 50.7 Å². The van der Waals surface area contributed by atoms with E-state index < -0.39 is 45.8 Å². The molecular weight excluding hydrogens is 564 g/mol. The first-order chi connectivity index (χ1) is 18.2. The molecule has 208 valence electrons. The fourth-order valence-electron chi connectivity index (χ4n) is 3.77. The van der Waals surface area contributed by atoms with Crippen LogP contribution in [0.4, 0.5) is 10.1 Å². The molecule has 2 amide bonds. The maximum absolute atomic E-state index is 13.9. The number of nitrogens with one attached hydrogen (secondary N) is 1. The van der Waals surface area contributed by atoms with Crippen LogP contribution in [-0.2, 0) is 26.2 Å². The van der Waals surface area contributed by atoms with Crippen molar-refractivity contribution in [1.82, 2.24) is 10.2 Å². The Morgan fingerprint density at radius 3 is 2.03 bits per heavy atom. The van der Waals surface area contributed by atoms with Crippen LogP contribution in [0.25, 0.3) is 0 Å². The average molecular weight is 595 g/mol. The standard InChI is InChI=1S/C28H30Cl2FN3O4S/c1-19(27(36)32-28(2,3)4)33(17-23-24(29)11-8-12-25(23)30)26(35)18-34(21-9-6-5-7-10-21)39(37,38)22-15-13-20(31)14-16-22/h5-16,19H,17-18H2,1-4H3,(H,32,36)/t19-/m0/s1. The summed E-state index contributed by atoms with van der Waals surface area (Å²) < 4.78 is 41.8. The molecule has 0 heterocycles. The molecular formula is C28H30Cl2FN3O4S. The third-order valence-corrected chi connectivity index (χ3v) is 8.28. The zero-order valence-electron chi connectivity index (χ0n) is 22.0. The van der Waals surface area contributed by atoms with Gasteiger partial charge in [0.2, 0.25) is 11.8 Å². The van der Waals surface area contributed by atoms with Crippen LogP contribution < -0.4 is 9.62 Å². The number of para-hydroxylation sites is 1. The third kappa shape index (κ3) is 7.71. The maximum atomic E-state index is 13.9. The molecule has 11 heteroatoms. The number of carbonyl (C=O) groups is 2. The van der Waals surface area contributed by atoms with Gasteiger partial charge in [0.15, 0.2) is 0 Å². The number of carbonyl (C=O) groups excluding carboxylic acids is 2. The van der Waals surface area contributed by atoms with Crippen LogP contribution in [-0.4, -0.2) is 43.3 Å². The summed E-state index contributed by atoms with van der Waals surface area (Å²) in [7, 11) is -4.30. The fourth-order valence-corrected chi connectivity index (χ4v) is 5.70. The van der Waals surface area contributed by atoms with Gasteiger partial charge in [0, 0.05) is 27.7 Å². The average Bonchev–Trinajstić information content (AvgIpc) is 2.86. The Morgan fingerprint density at radius 1 is 0.923 bits per heavy atom. The van der Waals surface area contributed by atoms with E-state index in [2.05, 4.69) is 5.32 Å². The van der Waals surface area contributed by atoms with Crippen LogP contribution in [0.3, 0.4) is 0 Å². The molecule has 0 spiro atoms. The molecule has 0 saturated heterocycles. The highest BCUT2D eigenvalue weighted by Crippen LogP contribution is 2.28. The van der Waals surface area contributed by atoms with Gasteiger partial charge in [-0.15, -0.1) is 0 Å². The fraction of sp³-hybridized carbons (Fsp3) is 0.286. The molecule has 0 aliphatic carbocycles.